The van der Waals surface area contributed by atoms with Crippen molar-refractivity contribution in [2.24, 2.45) is 0 Å². The number of sulfone groups is 1. The summed E-state index contributed by atoms with van der Waals surface area (Å²) in [4.78, 5) is 12.1. The summed E-state index contributed by atoms with van der Waals surface area (Å²) in [5.41, 5.74) is 0.290. The molecule has 2 aromatic carbocycles. The van der Waals surface area contributed by atoms with Crippen LogP contribution >= 0.6 is 0 Å². The summed E-state index contributed by atoms with van der Waals surface area (Å²) >= 11 is 0. The molecule has 8 heteroatoms. The molecule has 1 N–H and O–H groups in total. The molecule has 134 valence electrons. The van der Waals surface area contributed by atoms with E-state index in [9.17, 15) is 26.4 Å². The fourth-order valence-electron chi connectivity index (χ4n) is 2.17. The summed E-state index contributed by atoms with van der Waals surface area (Å²) < 4.78 is 64.0. The van der Waals surface area contributed by atoms with Gasteiger partial charge in [-0.1, -0.05) is 6.07 Å². The van der Waals surface area contributed by atoms with Crippen LogP contribution in [0, 0.1) is 17.5 Å². The molecule has 2 aromatic rings. The fourth-order valence-corrected chi connectivity index (χ4v) is 3.44. The Kier molecular flexibility index (Phi) is 5.52. The van der Waals surface area contributed by atoms with Crippen molar-refractivity contribution in [3.63, 3.8) is 0 Å². The summed E-state index contributed by atoms with van der Waals surface area (Å²) in [5.74, 6) is -3.48. The Morgan fingerprint density at radius 1 is 0.960 bits per heavy atom. The van der Waals surface area contributed by atoms with Gasteiger partial charge in [0.05, 0.1) is 10.9 Å². The molecule has 25 heavy (non-hydrogen) atoms. The van der Waals surface area contributed by atoms with Crippen molar-refractivity contribution in [2.75, 3.05) is 0 Å². The second kappa shape index (κ2) is 7.26. The van der Waals surface area contributed by atoms with Crippen LogP contribution in [-0.4, -0.2) is 19.6 Å². The zero-order valence-electron chi connectivity index (χ0n) is 13.5. The highest BCUT2D eigenvalue weighted by Gasteiger charge is 2.30. The summed E-state index contributed by atoms with van der Waals surface area (Å²) in [7, 11) is -4.01. The summed E-state index contributed by atoms with van der Waals surface area (Å²) in [6, 6.07) is 6.55. The van der Waals surface area contributed by atoms with E-state index in [0.717, 1.165) is 36.4 Å². The minimum atomic E-state index is -4.01. The molecule has 0 fully saturated rings. The molecule has 0 aliphatic carbocycles. The van der Waals surface area contributed by atoms with Crippen LogP contribution in [0.2, 0.25) is 0 Å². The standard InChI is InChI=1S/C17H16F3NO3S/c1-10(12-3-8-15(19)16(20)9-12)21-17(22)11(2)25(23,24)14-6-4-13(18)5-7-14/h3-11H,1-2H3,(H,21,22)/t10-,11+/m1/s1. The first-order valence-corrected chi connectivity index (χ1v) is 8.92. The second-order valence-corrected chi connectivity index (χ2v) is 7.81. The number of benzene rings is 2. The van der Waals surface area contributed by atoms with E-state index >= 15 is 0 Å². The average molecular weight is 371 g/mol. The van der Waals surface area contributed by atoms with Crippen LogP contribution in [0.3, 0.4) is 0 Å². The Balaban J connectivity index is 2.16. The van der Waals surface area contributed by atoms with Gasteiger partial charge in [-0.25, -0.2) is 21.6 Å². The zero-order chi connectivity index (χ0) is 18.8. The zero-order valence-corrected chi connectivity index (χ0v) is 14.3. The van der Waals surface area contributed by atoms with Gasteiger partial charge >= 0.3 is 0 Å². The lowest BCUT2D eigenvalue weighted by Gasteiger charge is -2.18. The molecule has 4 nitrogen and oxygen atoms in total. The molecule has 0 aliphatic rings. The SMILES string of the molecule is C[C@@H](NC(=O)[C@H](C)S(=O)(=O)c1ccc(F)cc1)c1ccc(F)c(F)c1. The molecule has 0 unspecified atom stereocenters. The number of nitrogens with one attached hydrogen (secondary N) is 1. The predicted octanol–water partition coefficient (Wildman–Crippen LogP) is 3.14. The molecular weight excluding hydrogens is 355 g/mol. The summed E-state index contributed by atoms with van der Waals surface area (Å²) in [5, 5.41) is 1.01. The minimum absolute atomic E-state index is 0.183. The highest BCUT2D eigenvalue weighted by Crippen LogP contribution is 2.19. The third-order valence-corrected chi connectivity index (χ3v) is 5.85. The van der Waals surface area contributed by atoms with Gasteiger partial charge in [0, 0.05) is 0 Å². The van der Waals surface area contributed by atoms with Crippen molar-refractivity contribution < 1.29 is 26.4 Å². The van der Waals surface area contributed by atoms with Crippen molar-refractivity contribution >= 4 is 15.7 Å². The largest absolute Gasteiger partial charge is 0.348 e. The van der Waals surface area contributed by atoms with Crippen molar-refractivity contribution in [1.82, 2.24) is 5.32 Å². The van der Waals surface area contributed by atoms with Gasteiger partial charge in [0.2, 0.25) is 5.91 Å². The third kappa shape index (κ3) is 4.19. The lowest BCUT2D eigenvalue weighted by Crippen LogP contribution is -2.39. The fraction of sp³-hybridized carbons (Fsp3) is 0.235. The molecule has 2 atom stereocenters. The number of halogens is 3. The maximum absolute atomic E-state index is 13.3. The number of carbonyl (C=O) groups excluding carboxylic acids is 1. The van der Waals surface area contributed by atoms with Gasteiger partial charge < -0.3 is 5.32 Å². The Morgan fingerprint density at radius 3 is 2.12 bits per heavy atom. The van der Waals surface area contributed by atoms with Crippen LogP contribution in [0.5, 0.6) is 0 Å². The first-order valence-electron chi connectivity index (χ1n) is 7.37. The molecule has 0 radical (unpaired) electrons. The van der Waals surface area contributed by atoms with Crippen LogP contribution in [0.4, 0.5) is 13.2 Å². The first-order chi connectivity index (χ1) is 11.6. The normalized spacial score (nSPS) is 14.0. The van der Waals surface area contributed by atoms with Gasteiger partial charge in [-0.15, -0.1) is 0 Å². The lowest BCUT2D eigenvalue weighted by molar-refractivity contribution is -0.121. The van der Waals surface area contributed by atoms with Crippen molar-refractivity contribution in [1.29, 1.82) is 0 Å². The molecule has 0 spiro atoms. The van der Waals surface area contributed by atoms with Gasteiger partial charge in [0.1, 0.15) is 11.1 Å². The van der Waals surface area contributed by atoms with E-state index in [-0.39, 0.29) is 4.90 Å². The molecule has 2 rings (SSSR count). The van der Waals surface area contributed by atoms with Gasteiger partial charge in [-0.05, 0) is 55.8 Å². The Bertz CT molecular complexity index is 883. The van der Waals surface area contributed by atoms with Crippen LogP contribution in [0.1, 0.15) is 25.5 Å². The minimum Gasteiger partial charge on any atom is -0.348 e. The predicted molar refractivity (Wildman–Crippen MR) is 86.0 cm³/mol. The summed E-state index contributed by atoms with van der Waals surface area (Å²) in [6.07, 6.45) is 0. The molecule has 0 bridgehead atoms. The van der Waals surface area contributed by atoms with E-state index in [1.54, 1.807) is 0 Å². The van der Waals surface area contributed by atoms with Crippen molar-refractivity contribution in [2.45, 2.75) is 30.0 Å². The van der Waals surface area contributed by atoms with Gasteiger partial charge in [-0.2, -0.15) is 0 Å². The van der Waals surface area contributed by atoms with Crippen LogP contribution < -0.4 is 5.32 Å². The van der Waals surface area contributed by atoms with Crippen LogP contribution in [-0.2, 0) is 14.6 Å². The van der Waals surface area contributed by atoms with Crippen molar-refractivity contribution in [3.8, 4) is 0 Å². The van der Waals surface area contributed by atoms with Crippen molar-refractivity contribution in [3.05, 3.63) is 65.5 Å². The van der Waals surface area contributed by atoms with E-state index < -0.39 is 44.5 Å². The Morgan fingerprint density at radius 2 is 1.56 bits per heavy atom. The molecule has 1 amide bonds. The van der Waals surface area contributed by atoms with E-state index in [1.165, 1.54) is 19.9 Å². The monoisotopic (exact) mass is 371 g/mol. The highest BCUT2D eigenvalue weighted by molar-refractivity contribution is 7.92. The van der Waals surface area contributed by atoms with Crippen LogP contribution in [0.15, 0.2) is 47.4 Å². The molecule has 0 aromatic heterocycles. The topological polar surface area (TPSA) is 63.2 Å². The molecule has 0 saturated heterocycles. The number of rotatable bonds is 5. The van der Waals surface area contributed by atoms with Gasteiger partial charge in [0.15, 0.2) is 21.5 Å². The smallest absolute Gasteiger partial charge is 0.238 e. The molecule has 0 aliphatic heterocycles. The highest BCUT2D eigenvalue weighted by atomic mass is 32.2. The Labute approximate surface area is 143 Å². The van der Waals surface area contributed by atoms with Gasteiger partial charge in [-0.3, -0.25) is 4.79 Å². The van der Waals surface area contributed by atoms with Gasteiger partial charge in [0.25, 0.3) is 0 Å². The number of carbonyl (C=O) groups is 1. The second-order valence-electron chi connectivity index (χ2n) is 5.54. The van der Waals surface area contributed by atoms with E-state index in [2.05, 4.69) is 5.32 Å². The average Bonchev–Trinajstić information content (AvgIpc) is 2.56. The van der Waals surface area contributed by atoms with E-state index in [1.807, 2.05) is 0 Å². The lowest BCUT2D eigenvalue weighted by atomic mass is 10.1. The van der Waals surface area contributed by atoms with E-state index in [0.29, 0.717) is 5.56 Å². The van der Waals surface area contributed by atoms with Crippen LogP contribution in [0.25, 0.3) is 0 Å². The number of hydrogen-bond donors (Lipinski definition) is 1. The molecular formula is C17H16F3NO3S. The maximum atomic E-state index is 13.3. The van der Waals surface area contributed by atoms with E-state index in [4.69, 9.17) is 0 Å². The summed E-state index contributed by atoms with van der Waals surface area (Å²) in [6.45, 7) is 2.72. The maximum Gasteiger partial charge on any atom is 0.238 e. The Hall–Kier alpha value is -2.35. The number of hydrogen-bond acceptors (Lipinski definition) is 3. The number of amides is 1. The first kappa shape index (κ1) is 19.0. The third-order valence-electron chi connectivity index (χ3n) is 3.78. The molecule has 0 heterocycles. The quantitative estimate of drug-likeness (QED) is 0.822. The molecule has 0 saturated carbocycles.